The Morgan fingerprint density at radius 1 is 1.35 bits per heavy atom. The highest BCUT2D eigenvalue weighted by molar-refractivity contribution is 5.89. The third-order valence-electron chi connectivity index (χ3n) is 3.50. The zero-order chi connectivity index (χ0) is 13.9. The largest absolute Gasteiger partial charge is 0.478 e. The van der Waals surface area contributed by atoms with Gasteiger partial charge in [0.2, 0.25) is 0 Å². The maximum absolute atomic E-state index is 11.0. The number of hydrogen-bond donors (Lipinski definition) is 1. The van der Waals surface area contributed by atoms with E-state index >= 15 is 0 Å². The Kier molecular flexibility index (Phi) is 3.52. The minimum absolute atomic E-state index is 0.000145. The van der Waals surface area contributed by atoms with Crippen molar-refractivity contribution in [3.8, 4) is 11.1 Å². The SMILES string of the molecule is O=C(O)c1cccc(-c2cnn(C3CCCCO3)c2)c1. The van der Waals surface area contributed by atoms with Crippen LogP contribution in [0, 0.1) is 0 Å². The summed E-state index contributed by atoms with van der Waals surface area (Å²) in [5.74, 6) is -0.921. The summed E-state index contributed by atoms with van der Waals surface area (Å²) in [5, 5.41) is 13.4. The molecule has 5 heteroatoms. The van der Waals surface area contributed by atoms with Gasteiger partial charge in [0, 0.05) is 18.4 Å². The second kappa shape index (κ2) is 5.46. The lowest BCUT2D eigenvalue weighted by Crippen LogP contribution is -2.18. The molecule has 2 aromatic rings. The number of carboxylic acid groups (broad SMARTS) is 1. The molecule has 0 saturated carbocycles. The van der Waals surface area contributed by atoms with E-state index in [-0.39, 0.29) is 11.8 Å². The van der Waals surface area contributed by atoms with Gasteiger partial charge in [-0.1, -0.05) is 12.1 Å². The maximum Gasteiger partial charge on any atom is 0.335 e. The first-order chi connectivity index (χ1) is 9.74. The molecule has 0 bridgehead atoms. The molecule has 1 unspecified atom stereocenters. The lowest BCUT2D eigenvalue weighted by Gasteiger charge is -2.22. The molecule has 0 amide bonds. The monoisotopic (exact) mass is 272 g/mol. The molecule has 1 N–H and O–H groups in total. The summed E-state index contributed by atoms with van der Waals surface area (Å²) in [6.45, 7) is 0.772. The smallest absolute Gasteiger partial charge is 0.335 e. The summed E-state index contributed by atoms with van der Waals surface area (Å²) < 4.78 is 7.50. The molecule has 104 valence electrons. The third kappa shape index (κ3) is 2.58. The van der Waals surface area contributed by atoms with Crippen LogP contribution in [-0.4, -0.2) is 27.5 Å². The van der Waals surface area contributed by atoms with E-state index in [0.29, 0.717) is 0 Å². The van der Waals surface area contributed by atoms with Crippen molar-refractivity contribution in [1.82, 2.24) is 9.78 Å². The molecule has 1 fully saturated rings. The second-order valence-corrected chi connectivity index (χ2v) is 4.92. The van der Waals surface area contributed by atoms with Crippen molar-refractivity contribution in [1.29, 1.82) is 0 Å². The maximum atomic E-state index is 11.0. The quantitative estimate of drug-likeness (QED) is 0.933. The Bertz CT molecular complexity index is 615. The van der Waals surface area contributed by atoms with E-state index in [0.717, 1.165) is 37.0 Å². The van der Waals surface area contributed by atoms with Gasteiger partial charge in [-0.05, 0) is 37.0 Å². The number of benzene rings is 1. The molecule has 1 aromatic carbocycles. The van der Waals surface area contributed by atoms with Gasteiger partial charge in [-0.25, -0.2) is 9.48 Å². The molecule has 1 aromatic heterocycles. The second-order valence-electron chi connectivity index (χ2n) is 4.92. The highest BCUT2D eigenvalue weighted by Gasteiger charge is 2.17. The lowest BCUT2D eigenvalue weighted by atomic mass is 10.1. The molecule has 5 nitrogen and oxygen atoms in total. The average Bonchev–Trinajstić information content (AvgIpc) is 2.98. The molecule has 0 radical (unpaired) electrons. The molecule has 2 heterocycles. The van der Waals surface area contributed by atoms with E-state index in [4.69, 9.17) is 9.84 Å². The van der Waals surface area contributed by atoms with Crippen molar-refractivity contribution in [2.45, 2.75) is 25.5 Å². The molecular formula is C15H16N2O3. The summed E-state index contributed by atoms with van der Waals surface area (Å²) in [5.41, 5.74) is 2.04. The van der Waals surface area contributed by atoms with E-state index in [9.17, 15) is 4.79 Å². The predicted octanol–water partition coefficient (Wildman–Crippen LogP) is 2.95. The normalized spacial score (nSPS) is 18.9. The fourth-order valence-corrected chi connectivity index (χ4v) is 2.41. The summed E-state index contributed by atoms with van der Waals surface area (Å²) in [7, 11) is 0. The van der Waals surface area contributed by atoms with Crippen LogP contribution in [0.3, 0.4) is 0 Å². The Balaban J connectivity index is 1.85. The lowest BCUT2D eigenvalue weighted by molar-refractivity contribution is -0.0394. The first kappa shape index (κ1) is 12.9. The standard InChI is InChI=1S/C15H16N2O3/c18-15(19)12-5-3-4-11(8-12)13-9-16-17(10-13)14-6-1-2-7-20-14/h3-5,8-10,14H,1-2,6-7H2,(H,18,19). The highest BCUT2D eigenvalue weighted by atomic mass is 16.5. The summed E-state index contributed by atoms with van der Waals surface area (Å²) in [4.78, 5) is 11.0. The van der Waals surface area contributed by atoms with Crippen molar-refractivity contribution in [2.24, 2.45) is 0 Å². The van der Waals surface area contributed by atoms with Gasteiger partial charge in [0.25, 0.3) is 0 Å². The van der Waals surface area contributed by atoms with Gasteiger partial charge >= 0.3 is 5.97 Å². The Labute approximate surface area is 116 Å². The van der Waals surface area contributed by atoms with Gasteiger partial charge in [-0.2, -0.15) is 5.10 Å². The van der Waals surface area contributed by atoms with Gasteiger partial charge in [0.1, 0.15) is 6.23 Å². The fourth-order valence-electron chi connectivity index (χ4n) is 2.41. The Hall–Kier alpha value is -2.14. The van der Waals surface area contributed by atoms with E-state index in [2.05, 4.69) is 5.10 Å². The van der Waals surface area contributed by atoms with Crippen LogP contribution >= 0.6 is 0 Å². The minimum atomic E-state index is -0.921. The number of ether oxygens (including phenoxy) is 1. The zero-order valence-corrected chi connectivity index (χ0v) is 11.0. The van der Waals surface area contributed by atoms with Crippen LogP contribution in [0.4, 0.5) is 0 Å². The number of carboxylic acids is 1. The number of aromatic carboxylic acids is 1. The van der Waals surface area contributed by atoms with Crippen LogP contribution in [0.5, 0.6) is 0 Å². The number of carbonyl (C=O) groups is 1. The van der Waals surface area contributed by atoms with E-state index in [1.165, 1.54) is 0 Å². The number of nitrogens with zero attached hydrogens (tertiary/aromatic N) is 2. The predicted molar refractivity (Wildman–Crippen MR) is 73.5 cm³/mol. The van der Waals surface area contributed by atoms with Crippen LogP contribution in [0.15, 0.2) is 36.7 Å². The van der Waals surface area contributed by atoms with Crippen LogP contribution in [0.1, 0.15) is 35.8 Å². The van der Waals surface area contributed by atoms with Crippen LogP contribution in [0.25, 0.3) is 11.1 Å². The van der Waals surface area contributed by atoms with E-state index in [1.807, 2.05) is 16.9 Å². The number of rotatable bonds is 3. The van der Waals surface area contributed by atoms with Crippen molar-refractivity contribution < 1.29 is 14.6 Å². The molecule has 20 heavy (non-hydrogen) atoms. The van der Waals surface area contributed by atoms with Crippen molar-refractivity contribution >= 4 is 5.97 Å². The number of aromatic nitrogens is 2. The van der Waals surface area contributed by atoms with E-state index in [1.54, 1.807) is 24.4 Å². The first-order valence-electron chi connectivity index (χ1n) is 6.73. The molecule has 1 aliphatic rings. The summed E-state index contributed by atoms with van der Waals surface area (Å²) >= 11 is 0. The average molecular weight is 272 g/mol. The molecule has 1 saturated heterocycles. The Morgan fingerprint density at radius 3 is 3.00 bits per heavy atom. The molecule has 1 aliphatic heterocycles. The minimum Gasteiger partial charge on any atom is -0.478 e. The summed E-state index contributed by atoms with van der Waals surface area (Å²) in [6.07, 6.45) is 6.88. The van der Waals surface area contributed by atoms with Gasteiger partial charge in [0.15, 0.2) is 0 Å². The topological polar surface area (TPSA) is 64.3 Å². The van der Waals surface area contributed by atoms with Crippen LogP contribution in [-0.2, 0) is 4.74 Å². The van der Waals surface area contributed by atoms with Crippen molar-refractivity contribution in [3.05, 3.63) is 42.2 Å². The van der Waals surface area contributed by atoms with Crippen LogP contribution < -0.4 is 0 Å². The van der Waals surface area contributed by atoms with E-state index < -0.39 is 5.97 Å². The fraction of sp³-hybridized carbons (Fsp3) is 0.333. The van der Waals surface area contributed by atoms with Crippen molar-refractivity contribution in [2.75, 3.05) is 6.61 Å². The molecule has 0 aliphatic carbocycles. The summed E-state index contributed by atoms with van der Waals surface area (Å²) in [6, 6.07) is 6.87. The molecule has 1 atom stereocenters. The molecular weight excluding hydrogens is 256 g/mol. The van der Waals surface area contributed by atoms with Crippen LogP contribution in [0.2, 0.25) is 0 Å². The third-order valence-corrected chi connectivity index (χ3v) is 3.50. The van der Waals surface area contributed by atoms with Gasteiger partial charge in [0.05, 0.1) is 11.8 Å². The van der Waals surface area contributed by atoms with Gasteiger partial charge < -0.3 is 9.84 Å². The first-order valence-corrected chi connectivity index (χ1v) is 6.73. The Morgan fingerprint density at radius 2 is 2.25 bits per heavy atom. The highest BCUT2D eigenvalue weighted by Crippen LogP contribution is 2.25. The van der Waals surface area contributed by atoms with Gasteiger partial charge in [-0.3, -0.25) is 0 Å². The zero-order valence-electron chi connectivity index (χ0n) is 11.0. The van der Waals surface area contributed by atoms with Crippen molar-refractivity contribution in [3.63, 3.8) is 0 Å². The number of hydrogen-bond acceptors (Lipinski definition) is 3. The molecule has 0 spiro atoms. The molecule has 3 rings (SSSR count). The van der Waals surface area contributed by atoms with Gasteiger partial charge in [-0.15, -0.1) is 0 Å².